The first kappa shape index (κ1) is 23.6. The molecule has 0 amide bonds. The van der Waals surface area contributed by atoms with E-state index in [2.05, 4.69) is 121 Å². The lowest BCUT2D eigenvalue weighted by Gasteiger charge is -2.24. The van der Waals surface area contributed by atoms with Crippen molar-refractivity contribution in [3.05, 3.63) is 182 Å². The molecule has 11 rings (SSSR count). The zero-order valence-electron chi connectivity index (χ0n) is 32.3. The van der Waals surface area contributed by atoms with Crippen molar-refractivity contribution in [3.63, 3.8) is 0 Å². The molecule has 1 heteroatoms. The Kier molecular flexibility index (Phi) is 5.05. The van der Waals surface area contributed by atoms with Crippen molar-refractivity contribution in [2.24, 2.45) is 0 Å². The summed E-state index contributed by atoms with van der Waals surface area (Å²) in [4.78, 5) is 0. The molecule has 10 aromatic carbocycles. The molecule has 0 aliphatic carbocycles. The van der Waals surface area contributed by atoms with Crippen LogP contribution in [0.4, 0.5) is 0 Å². The van der Waals surface area contributed by atoms with Crippen LogP contribution in [0.3, 0.4) is 0 Å². The lowest BCUT2D eigenvalue weighted by molar-refractivity contribution is 0.487. The number of benzene rings is 10. The van der Waals surface area contributed by atoms with Gasteiger partial charge in [-0.3, -0.25) is 0 Å². The predicted octanol–water partition coefficient (Wildman–Crippen LogP) is 14.2. The SMILES string of the molecule is [2H]c1c([2H])c([2H])c(-c2ccc3c(c2)Oc2cccc4c2c-3cc2c3ccccc3c(-c3cc5ccc(-c6ccccc6)cc5c5ccccc35)cc42)c([2H])c1[2H]. The van der Waals surface area contributed by atoms with Crippen LogP contribution < -0.4 is 4.74 Å². The first-order valence-electron chi connectivity index (χ1n) is 19.7. The van der Waals surface area contributed by atoms with Crippen LogP contribution in [0.1, 0.15) is 6.85 Å². The molecular weight excluding hydrogens is 617 g/mol. The Bertz CT molecular complexity index is 3310. The Morgan fingerprint density at radius 1 is 0.333 bits per heavy atom. The van der Waals surface area contributed by atoms with Crippen LogP contribution in [0.2, 0.25) is 0 Å². The normalized spacial score (nSPS) is 13.5. The number of rotatable bonds is 3. The smallest absolute Gasteiger partial charge is 0.135 e. The number of fused-ring (bicyclic) bond motifs is 9. The van der Waals surface area contributed by atoms with E-state index in [0.717, 1.165) is 43.4 Å². The van der Waals surface area contributed by atoms with Crippen LogP contribution in [0.5, 0.6) is 11.5 Å². The summed E-state index contributed by atoms with van der Waals surface area (Å²) in [6, 6.07) is 51.8. The molecule has 1 aliphatic rings. The molecule has 0 radical (unpaired) electrons. The second-order valence-corrected chi connectivity index (χ2v) is 13.3. The molecule has 0 unspecified atom stereocenters. The summed E-state index contributed by atoms with van der Waals surface area (Å²) in [7, 11) is 0. The Morgan fingerprint density at radius 2 is 0.961 bits per heavy atom. The van der Waals surface area contributed by atoms with Crippen molar-refractivity contribution in [2.75, 3.05) is 0 Å². The van der Waals surface area contributed by atoms with E-state index in [1.807, 2.05) is 24.3 Å². The van der Waals surface area contributed by atoms with Gasteiger partial charge in [-0.05, 0) is 130 Å². The largest absolute Gasteiger partial charge is 0.456 e. The average molecular weight is 652 g/mol. The zero-order chi connectivity index (χ0) is 37.8. The summed E-state index contributed by atoms with van der Waals surface area (Å²) < 4.78 is 48.3. The third-order valence-electron chi connectivity index (χ3n) is 10.5. The van der Waals surface area contributed by atoms with Crippen LogP contribution in [0.15, 0.2) is 182 Å². The molecule has 51 heavy (non-hydrogen) atoms. The van der Waals surface area contributed by atoms with E-state index in [1.165, 1.54) is 43.8 Å². The first-order chi connectivity index (χ1) is 27.4. The third-order valence-corrected chi connectivity index (χ3v) is 10.5. The maximum atomic E-state index is 8.58. The highest BCUT2D eigenvalue weighted by Gasteiger charge is 2.24. The van der Waals surface area contributed by atoms with Crippen molar-refractivity contribution in [3.8, 4) is 56.0 Å². The fraction of sp³-hybridized carbons (Fsp3) is 0. The molecule has 0 fully saturated rings. The van der Waals surface area contributed by atoms with Crippen molar-refractivity contribution < 1.29 is 11.6 Å². The lowest BCUT2D eigenvalue weighted by Crippen LogP contribution is -1.98. The molecule has 236 valence electrons. The maximum absolute atomic E-state index is 8.58. The second kappa shape index (κ2) is 10.9. The van der Waals surface area contributed by atoms with Gasteiger partial charge in [-0.15, -0.1) is 0 Å². The van der Waals surface area contributed by atoms with E-state index in [0.29, 0.717) is 17.1 Å². The maximum Gasteiger partial charge on any atom is 0.135 e. The molecule has 10 aromatic rings. The molecule has 0 saturated heterocycles. The molecular formula is C50H30O. The Labute approximate surface area is 302 Å². The lowest BCUT2D eigenvalue weighted by atomic mass is 9.84. The fourth-order valence-electron chi connectivity index (χ4n) is 8.18. The minimum Gasteiger partial charge on any atom is -0.456 e. The van der Waals surface area contributed by atoms with Crippen LogP contribution in [0.25, 0.3) is 98.4 Å². The van der Waals surface area contributed by atoms with Gasteiger partial charge < -0.3 is 4.74 Å². The molecule has 0 saturated carbocycles. The first-order valence-corrected chi connectivity index (χ1v) is 17.2. The van der Waals surface area contributed by atoms with Crippen LogP contribution in [-0.2, 0) is 0 Å². The van der Waals surface area contributed by atoms with E-state index < -0.39 is 6.04 Å². The summed E-state index contributed by atoms with van der Waals surface area (Å²) >= 11 is 0. The Balaban J connectivity index is 1.15. The quantitative estimate of drug-likeness (QED) is 0.173. The van der Waals surface area contributed by atoms with Crippen LogP contribution in [0, 0.1) is 0 Å². The number of hydrogen-bond donors (Lipinski definition) is 0. The van der Waals surface area contributed by atoms with E-state index in [4.69, 9.17) is 11.6 Å². The molecule has 1 nitrogen and oxygen atoms in total. The van der Waals surface area contributed by atoms with E-state index in [1.54, 1.807) is 6.07 Å². The van der Waals surface area contributed by atoms with E-state index in [-0.39, 0.29) is 29.7 Å². The highest BCUT2D eigenvalue weighted by atomic mass is 16.5. The van der Waals surface area contributed by atoms with Gasteiger partial charge in [0, 0.05) is 10.9 Å². The zero-order valence-corrected chi connectivity index (χ0v) is 27.3. The van der Waals surface area contributed by atoms with Gasteiger partial charge in [0.15, 0.2) is 0 Å². The third kappa shape index (κ3) is 4.28. The number of ether oxygens (including phenoxy) is 1. The van der Waals surface area contributed by atoms with Gasteiger partial charge in [-0.1, -0.05) is 139 Å². The second-order valence-electron chi connectivity index (χ2n) is 13.3. The van der Waals surface area contributed by atoms with Crippen LogP contribution in [-0.4, -0.2) is 0 Å². The molecule has 0 spiro atoms. The standard InChI is InChI=1S/C50H30O/c1-3-12-31(13-4-1)33-22-23-35-27-43(37-17-8-7-16-36(37)42(35)26-33)44-29-46-41-20-11-21-48-50(41)47(30-45(46)39-19-10-9-18-38(39)44)40-25-24-34(28-49(40)51-48)32-14-5-2-6-15-32/h1-30H/i2D,5D,6D,14D,15D. The Hall–Kier alpha value is -6.70. The van der Waals surface area contributed by atoms with Gasteiger partial charge in [-0.2, -0.15) is 0 Å². The molecule has 0 N–H and O–H groups in total. The van der Waals surface area contributed by atoms with E-state index >= 15 is 0 Å². The van der Waals surface area contributed by atoms with E-state index in [9.17, 15) is 0 Å². The summed E-state index contributed by atoms with van der Waals surface area (Å²) in [5.41, 5.74) is 7.31. The van der Waals surface area contributed by atoms with Gasteiger partial charge in [0.2, 0.25) is 0 Å². The van der Waals surface area contributed by atoms with Crippen molar-refractivity contribution in [1.82, 2.24) is 0 Å². The summed E-state index contributed by atoms with van der Waals surface area (Å²) in [5, 5.41) is 11.5. The number of hydrogen-bond acceptors (Lipinski definition) is 1. The topological polar surface area (TPSA) is 9.23 Å². The molecule has 1 aliphatic heterocycles. The predicted molar refractivity (Wildman–Crippen MR) is 216 cm³/mol. The van der Waals surface area contributed by atoms with Gasteiger partial charge in [0.05, 0.1) is 6.85 Å². The minimum atomic E-state index is -0.410. The molecule has 0 aromatic heterocycles. The van der Waals surface area contributed by atoms with Gasteiger partial charge in [-0.25, -0.2) is 0 Å². The fourth-order valence-corrected chi connectivity index (χ4v) is 8.18. The highest BCUT2D eigenvalue weighted by Crippen LogP contribution is 2.51. The Morgan fingerprint density at radius 3 is 1.76 bits per heavy atom. The van der Waals surface area contributed by atoms with Crippen molar-refractivity contribution >= 4 is 53.9 Å². The monoisotopic (exact) mass is 651 g/mol. The van der Waals surface area contributed by atoms with Crippen molar-refractivity contribution in [1.29, 1.82) is 0 Å². The van der Waals surface area contributed by atoms with Gasteiger partial charge >= 0.3 is 0 Å². The summed E-state index contributed by atoms with van der Waals surface area (Å²) in [6.07, 6.45) is 0. The van der Waals surface area contributed by atoms with Crippen molar-refractivity contribution in [2.45, 2.75) is 0 Å². The molecule has 0 atom stereocenters. The van der Waals surface area contributed by atoms with Crippen LogP contribution >= 0.6 is 0 Å². The molecule has 0 bridgehead atoms. The molecule has 1 heterocycles. The van der Waals surface area contributed by atoms with Gasteiger partial charge in [0.1, 0.15) is 11.5 Å². The highest BCUT2D eigenvalue weighted by molar-refractivity contribution is 6.27. The minimum absolute atomic E-state index is 0.154. The summed E-state index contributed by atoms with van der Waals surface area (Å²) in [6.45, 7) is 0. The summed E-state index contributed by atoms with van der Waals surface area (Å²) in [5.74, 6) is 1.29. The van der Waals surface area contributed by atoms with Gasteiger partial charge in [0.25, 0.3) is 0 Å². The average Bonchev–Trinajstić information content (AvgIpc) is 3.24.